The van der Waals surface area contributed by atoms with Crippen LogP contribution in [0.2, 0.25) is 0 Å². The van der Waals surface area contributed by atoms with Gasteiger partial charge >= 0.3 is 0 Å². The van der Waals surface area contributed by atoms with Gasteiger partial charge in [-0.25, -0.2) is 15.1 Å². The number of nitrogens with zero attached hydrogens (tertiary/aromatic N) is 3. The van der Waals surface area contributed by atoms with Crippen LogP contribution in [0.5, 0.6) is 0 Å². The molecule has 1 aliphatic heterocycles. The first-order valence-electron chi connectivity index (χ1n) is 8.82. The Labute approximate surface area is 162 Å². The maximum absolute atomic E-state index is 11.4. The van der Waals surface area contributed by atoms with Crippen molar-refractivity contribution in [3.63, 3.8) is 0 Å². The van der Waals surface area contributed by atoms with Crippen molar-refractivity contribution in [2.75, 3.05) is 25.0 Å². The summed E-state index contributed by atoms with van der Waals surface area (Å²) < 4.78 is 24.2. The molecule has 27 heavy (non-hydrogen) atoms. The fourth-order valence-electron chi connectivity index (χ4n) is 3.45. The Morgan fingerprint density at radius 1 is 1.19 bits per heavy atom. The van der Waals surface area contributed by atoms with Crippen LogP contribution >= 0.6 is 11.3 Å². The number of hydrogen-bond acceptors (Lipinski definition) is 6. The lowest BCUT2D eigenvalue weighted by Crippen LogP contribution is -2.43. The highest BCUT2D eigenvalue weighted by molar-refractivity contribution is 7.86. The zero-order valence-corrected chi connectivity index (χ0v) is 16.3. The predicted molar refractivity (Wildman–Crippen MR) is 109 cm³/mol. The molecule has 7 nitrogen and oxygen atoms in total. The van der Waals surface area contributed by atoms with Gasteiger partial charge in [-0.3, -0.25) is 0 Å². The van der Waals surface area contributed by atoms with Crippen molar-refractivity contribution in [2.24, 2.45) is 11.1 Å². The lowest BCUT2D eigenvalue weighted by molar-refractivity contribution is 0.282. The van der Waals surface area contributed by atoms with Crippen molar-refractivity contribution in [2.45, 2.75) is 12.8 Å². The molecule has 1 aliphatic rings. The van der Waals surface area contributed by atoms with E-state index in [4.69, 9.17) is 5.14 Å². The van der Waals surface area contributed by atoms with E-state index in [1.165, 1.54) is 4.31 Å². The third kappa shape index (κ3) is 3.96. The Morgan fingerprint density at radius 3 is 2.63 bits per heavy atom. The van der Waals surface area contributed by atoms with Gasteiger partial charge in [0.1, 0.15) is 17.0 Å². The van der Waals surface area contributed by atoms with Crippen LogP contribution in [0.1, 0.15) is 12.8 Å². The highest BCUT2D eigenvalue weighted by atomic mass is 32.2. The number of piperidine rings is 1. The largest absolute Gasteiger partial charge is 0.369 e. The zero-order valence-electron chi connectivity index (χ0n) is 14.7. The van der Waals surface area contributed by atoms with E-state index in [2.05, 4.69) is 32.8 Å². The van der Waals surface area contributed by atoms with Crippen LogP contribution in [-0.2, 0) is 10.2 Å². The maximum Gasteiger partial charge on any atom is 0.276 e. The molecule has 2 aromatic heterocycles. The van der Waals surface area contributed by atoms with Gasteiger partial charge in [0.2, 0.25) is 0 Å². The van der Waals surface area contributed by atoms with Crippen molar-refractivity contribution < 1.29 is 8.42 Å². The Hall–Kier alpha value is -2.07. The summed E-state index contributed by atoms with van der Waals surface area (Å²) in [4.78, 5) is 9.82. The molecule has 1 fully saturated rings. The van der Waals surface area contributed by atoms with Crippen LogP contribution in [0, 0.1) is 5.92 Å². The summed E-state index contributed by atoms with van der Waals surface area (Å²) >= 11 is 1.61. The molecule has 3 heterocycles. The van der Waals surface area contributed by atoms with E-state index in [9.17, 15) is 8.42 Å². The van der Waals surface area contributed by atoms with E-state index in [-0.39, 0.29) is 0 Å². The number of rotatable bonds is 5. The van der Waals surface area contributed by atoms with Crippen LogP contribution in [-0.4, -0.2) is 42.3 Å². The molecule has 1 saturated heterocycles. The van der Waals surface area contributed by atoms with Gasteiger partial charge in [-0.15, -0.1) is 11.3 Å². The van der Waals surface area contributed by atoms with Gasteiger partial charge in [-0.2, -0.15) is 12.7 Å². The van der Waals surface area contributed by atoms with Gasteiger partial charge in [0.05, 0.1) is 5.39 Å². The topological polar surface area (TPSA) is 101 Å². The molecular weight excluding hydrogens is 382 g/mol. The molecule has 0 atom stereocenters. The number of hydrogen-bond donors (Lipinski definition) is 2. The molecular formula is C18H21N5O2S2. The van der Waals surface area contributed by atoms with E-state index >= 15 is 0 Å². The number of anilines is 1. The summed E-state index contributed by atoms with van der Waals surface area (Å²) in [6.45, 7) is 1.69. The molecule has 0 bridgehead atoms. The average molecular weight is 404 g/mol. The second kappa shape index (κ2) is 7.51. The van der Waals surface area contributed by atoms with Crippen molar-refractivity contribution >= 4 is 37.6 Å². The number of benzene rings is 1. The summed E-state index contributed by atoms with van der Waals surface area (Å²) in [5, 5.41) is 11.8. The Kier molecular flexibility index (Phi) is 5.09. The minimum absolute atomic E-state index is 0.381. The zero-order chi connectivity index (χ0) is 18.9. The van der Waals surface area contributed by atoms with Crippen molar-refractivity contribution in [1.82, 2.24) is 14.3 Å². The van der Waals surface area contributed by atoms with Gasteiger partial charge in [0.15, 0.2) is 0 Å². The molecule has 4 rings (SSSR count). The van der Waals surface area contributed by atoms with Crippen LogP contribution in [0.15, 0.2) is 42.0 Å². The molecule has 142 valence electrons. The minimum atomic E-state index is -3.58. The summed E-state index contributed by atoms with van der Waals surface area (Å²) in [5.41, 5.74) is 2.27. The van der Waals surface area contributed by atoms with Gasteiger partial charge in [-0.05, 0) is 24.3 Å². The highest BCUT2D eigenvalue weighted by Gasteiger charge is 2.25. The number of nitrogens with two attached hydrogens (primary N) is 1. The van der Waals surface area contributed by atoms with Crippen LogP contribution in [0.4, 0.5) is 5.82 Å². The quantitative estimate of drug-likeness (QED) is 0.682. The van der Waals surface area contributed by atoms with Gasteiger partial charge in [0, 0.05) is 30.6 Å². The Bertz CT molecular complexity index is 1030. The monoisotopic (exact) mass is 403 g/mol. The van der Waals surface area contributed by atoms with E-state index in [1.54, 1.807) is 17.7 Å². The highest BCUT2D eigenvalue weighted by Crippen LogP contribution is 2.36. The predicted octanol–water partition coefficient (Wildman–Crippen LogP) is 2.69. The standard InChI is InChI=1S/C18H21N5O2S2/c19-27(24,25)23-8-6-13(7-9-23)10-20-17-16-15(14-4-2-1-3-5-14)11-26-18(16)22-12-21-17/h1-5,11-13H,6-10H2,(H2,19,24,25)(H,20,21,22). The third-order valence-electron chi connectivity index (χ3n) is 4.95. The van der Waals surface area contributed by atoms with Crippen LogP contribution in [0.25, 0.3) is 21.3 Å². The average Bonchev–Trinajstić information content (AvgIpc) is 3.11. The molecule has 0 amide bonds. The van der Waals surface area contributed by atoms with Crippen LogP contribution in [0.3, 0.4) is 0 Å². The first-order chi connectivity index (χ1) is 13.0. The Morgan fingerprint density at radius 2 is 1.93 bits per heavy atom. The first-order valence-corrected chi connectivity index (χ1v) is 11.2. The summed E-state index contributed by atoms with van der Waals surface area (Å²) in [7, 11) is -3.58. The second-order valence-corrected chi connectivity index (χ2v) is 9.09. The molecule has 0 saturated carbocycles. The van der Waals surface area contributed by atoms with E-state index in [0.29, 0.717) is 19.0 Å². The maximum atomic E-state index is 11.4. The van der Waals surface area contributed by atoms with E-state index in [1.807, 2.05) is 18.2 Å². The van der Waals surface area contributed by atoms with Crippen LogP contribution < -0.4 is 10.5 Å². The fraction of sp³-hybridized carbons (Fsp3) is 0.333. The molecule has 1 aromatic carbocycles. The summed E-state index contributed by atoms with van der Waals surface area (Å²) in [6, 6.07) is 10.2. The number of aromatic nitrogens is 2. The van der Waals surface area contributed by atoms with Gasteiger partial charge < -0.3 is 5.32 Å². The SMILES string of the molecule is NS(=O)(=O)N1CCC(CNc2ncnc3scc(-c4ccccc4)c23)CC1. The molecule has 0 unspecified atom stereocenters. The molecule has 3 aromatic rings. The summed E-state index contributed by atoms with van der Waals surface area (Å²) in [5.74, 6) is 1.21. The fourth-order valence-corrected chi connectivity index (χ4v) is 5.08. The molecule has 0 spiro atoms. The van der Waals surface area contributed by atoms with Gasteiger partial charge in [-0.1, -0.05) is 30.3 Å². The Balaban J connectivity index is 1.51. The molecule has 9 heteroatoms. The molecule has 0 radical (unpaired) electrons. The summed E-state index contributed by atoms with van der Waals surface area (Å²) in [6.07, 6.45) is 3.15. The third-order valence-corrected chi connectivity index (χ3v) is 6.92. The lowest BCUT2D eigenvalue weighted by atomic mass is 9.98. The number of nitrogens with one attached hydrogen (secondary N) is 1. The number of thiophene rings is 1. The van der Waals surface area contributed by atoms with Gasteiger partial charge in [0.25, 0.3) is 10.2 Å². The van der Waals surface area contributed by atoms with Crippen molar-refractivity contribution in [1.29, 1.82) is 0 Å². The molecule has 3 N–H and O–H groups in total. The molecule has 0 aliphatic carbocycles. The second-order valence-electron chi connectivity index (χ2n) is 6.69. The van der Waals surface area contributed by atoms with Crippen molar-refractivity contribution in [3.8, 4) is 11.1 Å². The van der Waals surface area contributed by atoms with E-state index < -0.39 is 10.2 Å². The lowest BCUT2D eigenvalue weighted by Gasteiger charge is -2.30. The normalized spacial score (nSPS) is 16.6. The minimum Gasteiger partial charge on any atom is -0.369 e. The smallest absolute Gasteiger partial charge is 0.276 e. The van der Waals surface area contributed by atoms with E-state index in [0.717, 1.165) is 46.5 Å². The van der Waals surface area contributed by atoms with Crippen molar-refractivity contribution in [3.05, 3.63) is 42.0 Å². The first kappa shape index (κ1) is 18.3. The number of fused-ring (bicyclic) bond motifs is 1.